The van der Waals surface area contributed by atoms with E-state index < -0.39 is 0 Å². The topological polar surface area (TPSA) is 67.3 Å². The molecule has 5 nitrogen and oxygen atoms in total. The third-order valence-electron chi connectivity index (χ3n) is 3.61. The van der Waals surface area contributed by atoms with E-state index in [2.05, 4.69) is 38.1 Å². The summed E-state index contributed by atoms with van der Waals surface area (Å²) in [5, 5.41) is 13.4. The van der Waals surface area contributed by atoms with Crippen molar-refractivity contribution in [2.24, 2.45) is 5.92 Å². The van der Waals surface area contributed by atoms with Gasteiger partial charge in [0.05, 0.1) is 16.8 Å². The van der Waals surface area contributed by atoms with Gasteiger partial charge in [-0.3, -0.25) is 0 Å². The highest BCUT2D eigenvalue weighted by Gasteiger charge is 2.26. The van der Waals surface area contributed by atoms with E-state index in [1.807, 2.05) is 20.8 Å². The largest absolute Gasteiger partial charge is 0.458 e. The Bertz CT molecular complexity index is 490. The van der Waals surface area contributed by atoms with Crippen molar-refractivity contribution in [1.29, 1.82) is 0 Å². The molecule has 0 unspecified atom stereocenters. The number of nitrogens with one attached hydrogen (secondary N) is 1. The van der Waals surface area contributed by atoms with E-state index >= 15 is 0 Å². The highest BCUT2D eigenvalue weighted by atomic mass is 79.9. The van der Waals surface area contributed by atoms with Gasteiger partial charge in [-0.15, -0.1) is 0 Å². The van der Waals surface area contributed by atoms with Gasteiger partial charge in [-0.1, -0.05) is 6.92 Å². The zero-order valence-electron chi connectivity index (χ0n) is 13.1. The molecule has 21 heavy (non-hydrogen) atoms. The second-order valence-corrected chi connectivity index (χ2v) is 7.62. The summed E-state index contributed by atoms with van der Waals surface area (Å²) in [6, 6.07) is 0.586. The van der Waals surface area contributed by atoms with Crippen molar-refractivity contribution in [3.8, 4) is 6.01 Å². The van der Waals surface area contributed by atoms with Crippen LogP contribution in [0.1, 0.15) is 47.0 Å². The number of nitrogens with zero attached hydrogens (tertiary/aromatic N) is 2. The predicted molar refractivity (Wildman–Crippen MR) is 86.5 cm³/mol. The molecule has 1 aromatic heterocycles. The fraction of sp³-hybridized carbons (Fsp3) is 0.733. The summed E-state index contributed by atoms with van der Waals surface area (Å²) in [7, 11) is 0. The molecule has 1 fully saturated rings. The van der Waals surface area contributed by atoms with E-state index in [9.17, 15) is 5.11 Å². The zero-order chi connectivity index (χ0) is 15.6. The van der Waals surface area contributed by atoms with Gasteiger partial charge in [0, 0.05) is 6.04 Å². The second kappa shape index (κ2) is 6.48. The van der Waals surface area contributed by atoms with Crippen LogP contribution in [0.5, 0.6) is 6.01 Å². The number of aromatic nitrogens is 2. The van der Waals surface area contributed by atoms with E-state index in [4.69, 9.17) is 4.74 Å². The molecule has 6 heteroatoms. The Morgan fingerprint density at radius 2 is 2.10 bits per heavy atom. The molecule has 1 aliphatic carbocycles. The third-order valence-corrected chi connectivity index (χ3v) is 4.19. The van der Waals surface area contributed by atoms with Crippen LogP contribution in [0.4, 0.5) is 5.82 Å². The normalized spacial score (nSPS) is 26.5. The number of aliphatic hydroxyl groups is 1. The number of anilines is 1. The fourth-order valence-electron chi connectivity index (χ4n) is 2.40. The first kappa shape index (κ1) is 16.5. The fourth-order valence-corrected chi connectivity index (χ4v) is 2.70. The van der Waals surface area contributed by atoms with Crippen LogP contribution in [-0.2, 0) is 0 Å². The van der Waals surface area contributed by atoms with E-state index in [0.29, 0.717) is 11.9 Å². The van der Waals surface area contributed by atoms with E-state index in [-0.39, 0.29) is 17.7 Å². The maximum Gasteiger partial charge on any atom is 0.318 e. The molecule has 3 atom stereocenters. The Hall–Kier alpha value is -0.880. The van der Waals surface area contributed by atoms with Crippen LogP contribution in [0.3, 0.4) is 0 Å². The van der Waals surface area contributed by atoms with Crippen molar-refractivity contribution < 1.29 is 9.84 Å². The van der Waals surface area contributed by atoms with Crippen molar-refractivity contribution in [2.75, 3.05) is 5.32 Å². The quantitative estimate of drug-likeness (QED) is 0.867. The molecule has 0 bridgehead atoms. The molecule has 1 saturated carbocycles. The van der Waals surface area contributed by atoms with Crippen molar-refractivity contribution >= 4 is 21.7 Å². The van der Waals surface area contributed by atoms with Crippen LogP contribution < -0.4 is 10.1 Å². The Labute approximate surface area is 134 Å². The van der Waals surface area contributed by atoms with Crippen LogP contribution in [0.25, 0.3) is 0 Å². The third kappa shape index (κ3) is 4.81. The van der Waals surface area contributed by atoms with Crippen LogP contribution in [0, 0.1) is 5.92 Å². The van der Waals surface area contributed by atoms with Gasteiger partial charge in [-0.2, -0.15) is 4.98 Å². The lowest BCUT2D eigenvalue weighted by molar-refractivity contribution is 0.0739. The van der Waals surface area contributed by atoms with Gasteiger partial charge in [0.15, 0.2) is 0 Å². The molecule has 2 rings (SSSR count). The van der Waals surface area contributed by atoms with E-state index in [1.54, 1.807) is 6.20 Å². The monoisotopic (exact) mass is 357 g/mol. The van der Waals surface area contributed by atoms with Crippen LogP contribution in [-0.4, -0.2) is 32.8 Å². The lowest BCUT2D eigenvalue weighted by Gasteiger charge is -2.32. The summed E-state index contributed by atoms with van der Waals surface area (Å²) in [5.74, 6) is 1.09. The number of hydrogen-bond donors (Lipinski definition) is 2. The van der Waals surface area contributed by atoms with Gasteiger partial charge < -0.3 is 15.2 Å². The predicted octanol–water partition coefficient (Wildman–Crippen LogP) is 3.38. The van der Waals surface area contributed by atoms with Gasteiger partial charge in [-0.05, 0) is 61.9 Å². The van der Waals surface area contributed by atoms with Crippen molar-refractivity contribution in [1.82, 2.24) is 9.97 Å². The summed E-state index contributed by atoms with van der Waals surface area (Å²) in [6.45, 7) is 7.98. The molecular formula is C15H24BrN3O2. The number of rotatable bonds is 3. The van der Waals surface area contributed by atoms with Gasteiger partial charge in [0.1, 0.15) is 11.4 Å². The summed E-state index contributed by atoms with van der Waals surface area (Å²) in [6.07, 6.45) is 4.24. The molecule has 0 aliphatic heterocycles. The Morgan fingerprint density at radius 1 is 1.38 bits per heavy atom. The molecule has 1 aliphatic rings. The number of hydrogen-bond acceptors (Lipinski definition) is 5. The van der Waals surface area contributed by atoms with Gasteiger partial charge in [-0.25, -0.2) is 4.98 Å². The first-order valence-corrected chi connectivity index (χ1v) is 8.20. The highest BCUT2D eigenvalue weighted by molar-refractivity contribution is 9.10. The highest BCUT2D eigenvalue weighted by Crippen LogP contribution is 2.29. The van der Waals surface area contributed by atoms with E-state index in [1.165, 1.54) is 0 Å². The van der Waals surface area contributed by atoms with Crippen LogP contribution in [0.2, 0.25) is 0 Å². The summed E-state index contributed by atoms with van der Waals surface area (Å²) < 4.78 is 6.49. The molecule has 0 radical (unpaired) electrons. The van der Waals surface area contributed by atoms with Crippen LogP contribution >= 0.6 is 15.9 Å². The molecular weight excluding hydrogens is 334 g/mol. The molecule has 1 heterocycles. The van der Waals surface area contributed by atoms with Gasteiger partial charge >= 0.3 is 6.01 Å². The van der Waals surface area contributed by atoms with Crippen molar-refractivity contribution in [3.63, 3.8) is 0 Å². The number of ether oxygens (including phenoxy) is 1. The minimum atomic E-state index is -0.332. The minimum Gasteiger partial charge on any atom is -0.458 e. The number of halogens is 1. The molecule has 118 valence electrons. The molecule has 0 spiro atoms. The summed E-state index contributed by atoms with van der Waals surface area (Å²) in [5.41, 5.74) is -0.332. The SMILES string of the molecule is C[C@@H]1CC[C@@H](Nc2nc(OC(C)(C)C)ncc2Br)C[C@H]1O. The average molecular weight is 358 g/mol. The minimum absolute atomic E-state index is 0.227. The lowest BCUT2D eigenvalue weighted by Crippen LogP contribution is -2.35. The van der Waals surface area contributed by atoms with E-state index in [0.717, 1.165) is 29.6 Å². The van der Waals surface area contributed by atoms with Gasteiger partial charge in [0.2, 0.25) is 0 Å². The zero-order valence-corrected chi connectivity index (χ0v) is 14.6. The molecule has 0 saturated heterocycles. The maximum absolute atomic E-state index is 9.99. The standard InChI is InChI=1S/C15H24BrN3O2/c1-9-5-6-10(7-12(9)20)18-13-11(16)8-17-14(19-13)21-15(2,3)4/h8-10,12,20H,5-7H2,1-4H3,(H,17,18,19)/t9-,10-,12-/m1/s1. The molecule has 1 aromatic rings. The molecule has 0 aromatic carbocycles. The average Bonchev–Trinajstić information content (AvgIpc) is 2.36. The van der Waals surface area contributed by atoms with Crippen molar-refractivity contribution in [3.05, 3.63) is 10.7 Å². The van der Waals surface area contributed by atoms with Crippen molar-refractivity contribution in [2.45, 2.75) is 64.7 Å². The second-order valence-electron chi connectivity index (χ2n) is 6.76. The first-order valence-electron chi connectivity index (χ1n) is 7.41. The number of aliphatic hydroxyl groups excluding tert-OH is 1. The van der Waals surface area contributed by atoms with Gasteiger partial charge in [0.25, 0.3) is 0 Å². The maximum atomic E-state index is 9.99. The molecule has 2 N–H and O–H groups in total. The summed E-state index contributed by atoms with van der Waals surface area (Å²) in [4.78, 5) is 8.60. The Balaban J connectivity index is 2.07. The first-order chi connectivity index (χ1) is 9.74. The smallest absolute Gasteiger partial charge is 0.318 e. The Morgan fingerprint density at radius 3 is 2.71 bits per heavy atom. The Kier molecular flexibility index (Phi) is 5.09. The lowest BCUT2D eigenvalue weighted by atomic mass is 9.85. The van der Waals surface area contributed by atoms with Crippen LogP contribution in [0.15, 0.2) is 10.7 Å². The molecule has 0 amide bonds. The summed E-state index contributed by atoms with van der Waals surface area (Å²) >= 11 is 3.46.